The lowest BCUT2D eigenvalue weighted by Crippen LogP contribution is -2.31. The molecule has 1 fully saturated rings. The van der Waals surface area contributed by atoms with Crippen molar-refractivity contribution >= 4 is 41.3 Å². The average molecular weight is 408 g/mol. The Balaban J connectivity index is 1.56. The van der Waals surface area contributed by atoms with Crippen LogP contribution in [0.1, 0.15) is 24.8 Å². The first-order valence-corrected chi connectivity index (χ1v) is 10.0. The summed E-state index contributed by atoms with van der Waals surface area (Å²) in [6.07, 6.45) is 5.21. The molecule has 29 heavy (non-hydrogen) atoms. The summed E-state index contributed by atoms with van der Waals surface area (Å²) in [5.74, 6) is 1.52. The van der Waals surface area contributed by atoms with E-state index in [1.54, 1.807) is 6.21 Å². The quantitative estimate of drug-likeness (QED) is 0.455. The summed E-state index contributed by atoms with van der Waals surface area (Å²) < 4.78 is 0. The van der Waals surface area contributed by atoms with E-state index in [1.165, 1.54) is 6.42 Å². The molecule has 1 aliphatic rings. The Morgan fingerprint density at radius 1 is 0.897 bits per heavy atom. The number of halogens is 1. The standard InChI is InChI=1S/C21H22ClN7/c22-17-9-7-8-16(14-17)15-23-28-20-25-19(24-18-10-3-1-4-11-18)26-21(27-20)29-12-5-2-6-13-29/h1,3-4,7-11,14-15H,2,5-6,12-13H2,(H2,24,25,26,27,28). The summed E-state index contributed by atoms with van der Waals surface area (Å²) in [5.41, 5.74) is 4.72. The first-order valence-electron chi connectivity index (χ1n) is 9.64. The molecule has 2 N–H and O–H groups in total. The van der Waals surface area contributed by atoms with E-state index >= 15 is 0 Å². The molecule has 0 radical (unpaired) electrons. The molecule has 4 rings (SSSR count). The molecule has 0 bridgehead atoms. The molecule has 0 aliphatic carbocycles. The normalized spacial score (nSPS) is 14.2. The Bertz CT molecular complexity index is 972. The van der Waals surface area contributed by atoms with E-state index in [0.717, 1.165) is 37.2 Å². The van der Waals surface area contributed by atoms with Gasteiger partial charge in [-0.05, 0) is 49.1 Å². The number of aromatic nitrogens is 3. The van der Waals surface area contributed by atoms with Gasteiger partial charge < -0.3 is 10.2 Å². The number of piperidine rings is 1. The van der Waals surface area contributed by atoms with Gasteiger partial charge in [-0.2, -0.15) is 20.1 Å². The average Bonchev–Trinajstić information content (AvgIpc) is 2.75. The lowest BCUT2D eigenvalue weighted by atomic mass is 10.1. The van der Waals surface area contributed by atoms with Crippen LogP contribution < -0.4 is 15.6 Å². The Morgan fingerprint density at radius 2 is 1.69 bits per heavy atom. The fraction of sp³-hybridized carbons (Fsp3) is 0.238. The Hall–Kier alpha value is -3.19. The number of rotatable bonds is 6. The number of hydrogen-bond acceptors (Lipinski definition) is 7. The van der Waals surface area contributed by atoms with E-state index < -0.39 is 0 Å². The number of nitrogens with zero attached hydrogens (tertiary/aromatic N) is 5. The summed E-state index contributed by atoms with van der Waals surface area (Å²) >= 11 is 6.02. The van der Waals surface area contributed by atoms with Crippen molar-refractivity contribution in [2.24, 2.45) is 5.10 Å². The number of anilines is 4. The van der Waals surface area contributed by atoms with Gasteiger partial charge >= 0.3 is 0 Å². The molecule has 1 aliphatic heterocycles. The van der Waals surface area contributed by atoms with Gasteiger partial charge in [0.2, 0.25) is 17.8 Å². The maximum atomic E-state index is 6.02. The predicted molar refractivity (Wildman–Crippen MR) is 118 cm³/mol. The van der Waals surface area contributed by atoms with Crippen LogP contribution in [0.3, 0.4) is 0 Å². The van der Waals surface area contributed by atoms with Gasteiger partial charge in [-0.15, -0.1) is 0 Å². The van der Waals surface area contributed by atoms with Crippen molar-refractivity contribution in [1.29, 1.82) is 0 Å². The third-order valence-corrected chi connectivity index (χ3v) is 4.75. The Labute approximate surface area is 174 Å². The lowest BCUT2D eigenvalue weighted by molar-refractivity contribution is 0.568. The molecule has 0 saturated carbocycles. The van der Waals surface area contributed by atoms with Crippen molar-refractivity contribution in [3.05, 3.63) is 65.2 Å². The fourth-order valence-corrected chi connectivity index (χ4v) is 3.31. The second-order valence-electron chi connectivity index (χ2n) is 6.75. The van der Waals surface area contributed by atoms with E-state index in [9.17, 15) is 0 Å². The molecule has 3 aromatic rings. The van der Waals surface area contributed by atoms with Gasteiger partial charge in [0.15, 0.2) is 0 Å². The van der Waals surface area contributed by atoms with Crippen molar-refractivity contribution in [3.8, 4) is 0 Å². The number of benzene rings is 2. The predicted octanol–water partition coefficient (Wildman–Crippen LogP) is 4.70. The highest BCUT2D eigenvalue weighted by Crippen LogP contribution is 2.20. The molecule has 7 nitrogen and oxygen atoms in total. The van der Waals surface area contributed by atoms with Crippen molar-refractivity contribution < 1.29 is 0 Å². The SMILES string of the molecule is Clc1cccc(C=NNc2nc(Nc3ccccc3)nc(N3CCCCC3)n2)c1. The highest BCUT2D eigenvalue weighted by Gasteiger charge is 2.16. The van der Waals surface area contributed by atoms with E-state index in [-0.39, 0.29) is 0 Å². The number of para-hydroxylation sites is 1. The van der Waals surface area contributed by atoms with Crippen molar-refractivity contribution in [2.75, 3.05) is 28.7 Å². The zero-order valence-corrected chi connectivity index (χ0v) is 16.7. The third kappa shape index (κ3) is 5.42. The summed E-state index contributed by atoms with van der Waals surface area (Å²) in [6, 6.07) is 17.3. The molecule has 8 heteroatoms. The smallest absolute Gasteiger partial charge is 0.250 e. The van der Waals surface area contributed by atoms with Gasteiger partial charge in [0.1, 0.15) is 0 Å². The monoisotopic (exact) mass is 407 g/mol. The first-order chi connectivity index (χ1) is 14.3. The van der Waals surface area contributed by atoms with Crippen LogP contribution in [0.5, 0.6) is 0 Å². The maximum absolute atomic E-state index is 6.02. The third-order valence-electron chi connectivity index (χ3n) is 4.52. The van der Waals surface area contributed by atoms with Gasteiger partial charge in [0, 0.05) is 23.8 Å². The van der Waals surface area contributed by atoms with E-state index in [2.05, 4.69) is 35.7 Å². The molecular weight excluding hydrogens is 386 g/mol. The molecule has 0 amide bonds. The topological polar surface area (TPSA) is 78.3 Å². The summed E-state index contributed by atoms with van der Waals surface area (Å²) in [4.78, 5) is 15.8. The van der Waals surface area contributed by atoms with Crippen LogP contribution in [0.4, 0.5) is 23.5 Å². The van der Waals surface area contributed by atoms with Crippen LogP contribution in [-0.4, -0.2) is 34.3 Å². The zero-order valence-electron chi connectivity index (χ0n) is 15.9. The largest absolute Gasteiger partial charge is 0.341 e. The van der Waals surface area contributed by atoms with Gasteiger partial charge in [-0.3, -0.25) is 0 Å². The van der Waals surface area contributed by atoms with Gasteiger partial charge in [0.05, 0.1) is 6.21 Å². The minimum atomic E-state index is 0.386. The van der Waals surface area contributed by atoms with E-state index in [1.807, 2.05) is 54.6 Å². The maximum Gasteiger partial charge on any atom is 0.250 e. The zero-order chi connectivity index (χ0) is 19.9. The highest BCUT2D eigenvalue weighted by atomic mass is 35.5. The van der Waals surface area contributed by atoms with Crippen LogP contribution in [0, 0.1) is 0 Å². The Kier molecular flexibility index (Phi) is 6.16. The highest BCUT2D eigenvalue weighted by molar-refractivity contribution is 6.30. The first kappa shape index (κ1) is 19.1. The molecule has 1 saturated heterocycles. The van der Waals surface area contributed by atoms with E-state index in [0.29, 0.717) is 22.9 Å². The van der Waals surface area contributed by atoms with Gasteiger partial charge in [-0.25, -0.2) is 5.43 Å². The molecule has 148 valence electrons. The molecule has 2 aromatic carbocycles. The van der Waals surface area contributed by atoms with Crippen molar-refractivity contribution in [3.63, 3.8) is 0 Å². The van der Waals surface area contributed by atoms with Crippen LogP contribution in [0.25, 0.3) is 0 Å². The van der Waals surface area contributed by atoms with Crippen LogP contribution in [0.15, 0.2) is 59.7 Å². The molecule has 1 aromatic heterocycles. The molecule has 0 spiro atoms. The number of nitrogens with one attached hydrogen (secondary N) is 2. The van der Waals surface area contributed by atoms with Gasteiger partial charge in [-0.1, -0.05) is 41.9 Å². The van der Waals surface area contributed by atoms with E-state index in [4.69, 9.17) is 11.6 Å². The number of hydrogen-bond donors (Lipinski definition) is 2. The summed E-state index contributed by atoms with van der Waals surface area (Å²) in [5, 5.41) is 8.16. The lowest BCUT2D eigenvalue weighted by Gasteiger charge is -2.26. The van der Waals surface area contributed by atoms with Crippen LogP contribution >= 0.6 is 11.6 Å². The second kappa shape index (κ2) is 9.34. The minimum absolute atomic E-state index is 0.386. The molecule has 0 unspecified atom stereocenters. The van der Waals surface area contributed by atoms with Crippen LogP contribution in [-0.2, 0) is 0 Å². The number of hydrazone groups is 1. The van der Waals surface area contributed by atoms with Crippen LogP contribution in [0.2, 0.25) is 5.02 Å². The molecule has 2 heterocycles. The van der Waals surface area contributed by atoms with Crippen molar-refractivity contribution in [1.82, 2.24) is 15.0 Å². The van der Waals surface area contributed by atoms with Gasteiger partial charge in [0.25, 0.3) is 0 Å². The fourth-order valence-electron chi connectivity index (χ4n) is 3.11. The minimum Gasteiger partial charge on any atom is -0.341 e. The molecular formula is C21H22ClN7. The summed E-state index contributed by atoms with van der Waals surface area (Å²) in [6.45, 7) is 1.89. The molecule has 0 atom stereocenters. The summed E-state index contributed by atoms with van der Waals surface area (Å²) in [7, 11) is 0. The Morgan fingerprint density at radius 3 is 2.48 bits per heavy atom. The van der Waals surface area contributed by atoms with Crippen molar-refractivity contribution in [2.45, 2.75) is 19.3 Å². The second-order valence-corrected chi connectivity index (χ2v) is 7.18.